The predicted molar refractivity (Wildman–Crippen MR) is 73.8 cm³/mol. The van der Waals surface area contributed by atoms with Crippen LogP contribution in [0.15, 0.2) is 23.1 Å². The molecule has 3 unspecified atom stereocenters. The Balaban J connectivity index is 1.86. The van der Waals surface area contributed by atoms with E-state index in [0.717, 1.165) is 25.3 Å². The molecular weight excluding hydrogens is 279 g/mol. The first-order valence-corrected chi connectivity index (χ1v) is 8.49. The highest BCUT2D eigenvalue weighted by molar-refractivity contribution is 7.89. The Bertz CT molecular complexity index is 618. The van der Waals surface area contributed by atoms with Crippen LogP contribution in [-0.2, 0) is 16.6 Å². The maximum atomic E-state index is 13.3. The van der Waals surface area contributed by atoms with Gasteiger partial charge in [-0.05, 0) is 48.8 Å². The summed E-state index contributed by atoms with van der Waals surface area (Å²) in [6.07, 6.45) is 4.30. The van der Waals surface area contributed by atoms with Crippen LogP contribution in [0.25, 0.3) is 0 Å². The van der Waals surface area contributed by atoms with Gasteiger partial charge in [0.05, 0.1) is 4.90 Å². The van der Waals surface area contributed by atoms with Gasteiger partial charge < -0.3 is 5.73 Å². The summed E-state index contributed by atoms with van der Waals surface area (Å²) in [7, 11) is -3.70. The van der Waals surface area contributed by atoms with Crippen LogP contribution in [0.3, 0.4) is 0 Å². The van der Waals surface area contributed by atoms with E-state index in [-0.39, 0.29) is 17.5 Å². The zero-order chi connectivity index (χ0) is 14.3. The minimum Gasteiger partial charge on any atom is -0.326 e. The number of hydrogen-bond acceptors (Lipinski definition) is 3. The fourth-order valence-electron chi connectivity index (χ4n) is 3.60. The Labute approximate surface area is 118 Å². The lowest BCUT2D eigenvalue weighted by molar-refractivity contribution is 0.390. The van der Waals surface area contributed by atoms with Gasteiger partial charge in [-0.25, -0.2) is 17.5 Å². The number of rotatable bonds is 4. The van der Waals surface area contributed by atoms with E-state index >= 15 is 0 Å². The van der Waals surface area contributed by atoms with Crippen LogP contribution < -0.4 is 10.5 Å². The van der Waals surface area contributed by atoms with Gasteiger partial charge in [-0.2, -0.15) is 0 Å². The van der Waals surface area contributed by atoms with E-state index in [0.29, 0.717) is 17.4 Å². The first kappa shape index (κ1) is 14.0. The van der Waals surface area contributed by atoms with Crippen LogP contribution in [0, 0.1) is 17.7 Å². The largest absolute Gasteiger partial charge is 0.326 e. The SMILES string of the molecule is NCc1ccc(F)cc1S(=O)(=O)NC1CC2CCC1C2. The number of sulfonamides is 1. The number of benzene rings is 1. The van der Waals surface area contributed by atoms with Gasteiger partial charge in [0.25, 0.3) is 0 Å². The Kier molecular flexibility index (Phi) is 3.56. The van der Waals surface area contributed by atoms with E-state index in [4.69, 9.17) is 5.73 Å². The zero-order valence-corrected chi connectivity index (χ0v) is 12.0. The summed E-state index contributed by atoms with van der Waals surface area (Å²) in [6.45, 7) is 0.0766. The summed E-state index contributed by atoms with van der Waals surface area (Å²) < 4.78 is 41.0. The Morgan fingerprint density at radius 3 is 2.70 bits per heavy atom. The molecular formula is C14H19FN2O2S. The molecule has 2 aliphatic carbocycles. The summed E-state index contributed by atoms with van der Waals surface area (Å²) in [6, 6.07) is 3.72. The number of nitrogens with one attached hydrogen (secondary N) is 1. The highest BCUT2D eigenvalue weighted by atomic mass is 32.2. The van der Waals surface area contributed by atoms with Crippen LogP contribution >= 0.6 is 0 Å². The van der Waals surface area contributed by atoms with Crippen molar-refractivity contribution in [1.82, 2.24) is 4.72 Å². The van der Waals surface area contributed by atoms with E-state index in [1.54, 1.807) is 0 Å². The van der Waals surface area contributed by atoms with Crippen LogP contribution in [0.2, 0.25) is 0 Å². The molecule has 3 rings (SSSR count). The second-order valence-electron chi connectivity index (χ2n) is 5.86. The van der Waals surface area contributed by atoms with Gasteiger partial charge in [0.2, 0.25) is 10.0 Å². The normalized spacial score (nSPS) is 29.0. The third kappa shape index (κ3) is 2.47. The van der Waals surface area contributed by atoms with Crippen molar-refractivity contribution in [2.75, 3.05) is 0 Å². The minimum atomic E-state index is -3.70. The predicted octanol–water partition coefficient (Wildman–Crippen LogP) is 1.75. The van der Waals surface area contributed by atoms with Crippen molar-refractivity contribution < 1.29 is 12.8 Å². The Hall–Kier alpha value is -0.980. The third-order valence-corrected chi connectivity index (χ3v) is 6.16. The fourth-order valence-corrected chi connectivity index (χ4v) is 5.18. The minimum absolute atomic E-state index is 0.00681. The van der Waals surface area contributed by atoms with E-state index in [2.05, 4.69) is 4.72 Å². The lowest BCUT2D eigenvalue weighted by Gasteiger charge is -2.23. The number of nitrogens with two attached hydrogens (primary N) is 1. The molecule has 1 aromatic carbocycles. The van der Waals surface area contributed by atoms with Gasteiger partial charge in [-0.3, -0.25) is 0 Å². The maximum absolute atomic E-state index is 13.3. The lowest BCUT2D eigenvalue weighted by Crippen LogP contribution is -2.38. The van der Waals surface area contributed by atoms with Crippen LogP contribution in [0.5, 0.6) is 0 Å². The van der Waals surface area contributed by atoms with Crippen LogP contribution in [0.1, 0.15) is 31.2 Å². The molecule has 0 saturated heterocycles. The molecule has 1 aromatic rings. The van der Waals surface area contributed by atoms with Crippen molar-refractivity contribution in [3.8, 4) is 0 Å². The third-order valence-electron chi connectivity index (χ3n) is 4.58. The van der Waals surface area contributed by atoms with Crippen LogP contribution in [0.4, 0.5) is 4.39 Å². The molecule has 0 radical (unpaired) electrons. The summed E-state index contributed by atoms with van der Waals surface area (Å²) in [5, 5.41) is 0. The first-order valence-electron chi connectivity index (χ1n) is 7.00. The first-order chi connectivity index (χ1) is 9.49. The second kappa shape index (κ2) is 5.09. The van der Waals surface area contributed by atoms with Gasteiger partial charge in [0.1, 0.15) is 5.82 Å². The topological polar surface area (TPSA) is 72.2 Å². The lowest BCUT2D eigenvalue weighted by atomic mass is 9.96. The van der Waals surface area contributed by atoms with Crippen molar-refractivity contribution in [2.45, 2.75) is 43.2 Å². The smallest absolute Gasteiger partial charge is 0.241 e. The second-order valence-corrected chi connectivity index (χ2v) is 7.54. The average molecular weight is 298 g/mol. The van der Waals surface area contributed by atoms with E-state index in [9.17, 15) is 12.8 Å². The highest BCUT2D eigenvalue weighted by Gasteiger charge is 2.41. The van der Waals surface area contributed by atoms with Crippen molar-refractivity contribution in [2.24, 2.45) is 17.6 Å². The maximum Gasteiger partial charge on any atom is 0.241 e. The van der Waals surface area contributed by atoms with Gasteiger partial charge in [0, 0.05) is 12.6 Å². The van der Waals surface area contributed by atoms with E-state index in [1.807, 2.05) is 0 Å². The van der Waals surface area contributed by atoms with Gasteiger partial charge in [0.15, 0.2) is 0 Å². The molecule has 0 heterocycles. The molecule has 110 valence electrons. The monoisotopic (exact) mass is 298 g/mol. The summed E-state index contributed by atoms with van der Waals surface area (Å²) in [5.41, 5.74) is 6.00. The highest BCUT2D eigenvalue weighted by Crippen LogP contribution is 2.44. The molecule has 2 bridgehead atoms. The number of fused-ring (bicyclic) bond motifs is 2. The quantitative estimate of drug-likeness (QED) is 0.889. The molecule has 2 aliphatic rings. The molecule has 2 fully saturated rings. The average Bonchev–Trinajstić information content (AvgIpc) is 3.00. The molecule has 3 N–H and O–H groups in total. The zero-order valence-electron chi connectivity index (χ0n) is 11.2. The molecule has 3 atom stereocenters. The molecule has 0 aliphatic heterocycles. The van der Waals surface area contributed by atoms with Crippen molar-refractivity contribution in [1.29, 1.82) is 0 Å². The summed E-state index contributed by atoms with van der Waals surface area (Å²) in [4.78, 5) is -0.0252. The van der Waals surface area contributed by atoms with Crippen molar-refractivity contribution >= 4 is 10.0 Å². The molecule has 20 heavy (non-hydrogen) atoms. The van der Waals surface area contributed by atoms with Crippen LogP contribution in [-0.4, -0.2) is 14.5 Å². The number of halogens is 1. The van der Waals surface area contributed by atoms with Gasteiger partial charge in [-0.1, -0.05) is 12.5 Å². The van der Waals surface area contributed by atoms with Gasteiger partial charge in [-0.15, -0.1) is 0 Å². The van der Waals surface area contributed by atoms with E-state index < -0.39 is 15.8 Å². The Morgan fingerprint density at radius 1 is 1.30 bits per heavy atom. The fraction of sp³-hybridized carbons (Fsp3) is 0.571. The molecule has 4 nitrogen and oxygen atoms in total. The molecule has 0 amide bonds. The molecule has 0 spiro atoms. The van der Waals surface area contributed by atoms with Crippen molar-refractivity contribution in [3.05, 3.63) is 29.6 Å². The summed E-state index contributed by atoms with van der Waals surface area (Å²) in [5.74, 6) is 0.523. The standard InChI is InChI=1S/C14H19FN2O2S/c15-12-4-3-11(8-16)14(7-12)20(18,19)17-13-6-9-1-2-10(13)5-9/h3-4,7,9-10,13,17H,1-2,5-6,8,16H2. The molecule has 2 saturated carbocycles. The Morgan fingerprint density at radius 2 is 2.10 bits per heavy atom. The number of hydrogen-bond donors (Lipinski definition) is 2. The van der Waals surface area contributed by atoms with Gasteiger partial charge >= 0.3 is 0 Å². The molecule has 6 heteroatoms. The van der Waals surface area contributed by atoms with Crippen molar-refractivity contribution in [3.63, 3.8) is 0 Å². The summed E-state index contributed by atoms with van der Waals surface area (Å²) >= 11 is 0. The molecule has 0 aromatic heterocycles. The van der Waals surface area contributed by atoms with E-state index in [1.165, 1.54) is 18.6 Å².